The fourth-order valence-electron chi connectivity index (χ4n) is 1.45. The number of rotatable bonds is 13. The average molecular weight is 280 g/mol. The molecule has 18 heavy (non-hydrogen) atoms. The maximum absolute atomic E-state index is 5.37. The van der Waals surface area contributed by atoms with Crippen LogP contribution in [0.4, 0.5) is 0 Å². The van der Waals surface area contributed by atoms with Gasteiger partial charge >= 0.3 is 8.97 Å². The van der Waals surface area contributed by atoms with Crippen LogP contribution in [0.25, 0.3) is 0 Å². The lowest BCUT2D eigenvalue weighted by Gasteiger charge is -2.24. The van der Waals surface area contributed by atoms with Crippen LogP contribution in [0.1, 0.15) is 6.42 Å². The van der Waals surface area contributed by atoms with E-state index in [4.69, 9.17) is 19.0 Å². The van der Waals surface area contributed by atoms with Crippen LogP contribution < -0.4 is 21.3 Å². The van der Waals surface area contributed by atoms with E-state index >= 15 is 0 Å². The summed E-state index contributed by atoms with van der Waals surface area (Å²) in [6.45, 7) is 5.18. The Morgan fingerprint density at radius 2 is 1.39 bits per heavy atom. The first-order valence-electron chi connectivity index (χ1n) is 6.26. The molecular weight excluding hydrogens is 252 g/mol. The summed E-state index contributed by atoms with van der Waals surface area (Å²) in [5.74, 6) is 0. The highest BCUT2D eigenvalue weighted by Gasteiger charge is 2.38. The molecule has 0 atom stereocenters. The van der Waals surface area contributed by atoms with Gasteiger partial charge in [0.05, 0.1) is 0 Å². The van der Waals surface area contributed by atoms with Gasteiger partial charge in [0.1, 0.15) is 0 Å². The fraction of sp³-hybridized carbons (Fsp3) is 1.00. The molecule has 0 spiro atoms. The van der Waals surface area contributed by atoms with Crippen LogP contribution >= 0.6 is 0 Å². The molecule has 0 aliphatic rings. The van der Waals surface area contributed by atoms with Crippen molar-refractivity contribution < 1.29 is 13.3 Å². The molecule has 110 valence electrons. The largest absolute Gasteiger partial charge is 0.595 e. The molecule has 0 saturated heterocycles. The first kappa shape index (κ1) is 17.9. The Kier molecular flexibility index (Phi) is 12.0. The first-order valence-corrected chi connectivity index (χ1v) is 7.99. The van der Waals surface area contributed by atoms with E-state index in [9.17, 15) is 0 Å². The van der Waals surface area contributed by atoms with E-state index < -0.39 is 8.97 Å². The zero-order valence-electron chi connectivity index (χ0n) is 11.8. The van der Waals surface area contributed by atoms with Gasteiger partial charge in [-0.15, -0.1) is 0 Å². The highest BCUT2D eigenvalue weighted by molar-refractivity contribution is 6.57. The molecule has 0 aliphatic heterocycles. The van der Waals surface area contributed by atoms with E-state index in [0.717, 1.165) is 39.1 Å². The van der Waals surface area contributed by atoms with Crippen LogP contribution in [-0.2, 0) is 13.3 Å². The third kappa shape index (κ3) is 8.11. The van der Waals surface area contributed by atoms with Crippen molar-refractivity contribution in [1.82, 2.24) is 15.6 Å². The monoisotopic (exact) mass is 280 g/mol. The Morgan fingerprint density at radius 3 is 1.89 bits per heavy atom. The van der Waals surface area contributed by atoms with Crippen LogP contribution in [0.15, 0.2) is 0 Å². The topological polar surface area (TPSA) is 89.8 Å². The molecule has 7 nitrogen and oxygen atoms in total. The summed E-state index contributed by atoms with van der Waals surface area (Å²) < 4.78 is 15.7. The molecular formula is C10H28N4O3Si. The van der Waals surface area contributed by atoms with Gasteiger partial charge in [-0.05, 0) is 19.5 Å². The van der Waals surface area contributed by atoms with E-state index in [-0.39, 0.29) is 0 Å². The molecule has 0 aliphatic carbocycles. The second-order valence-electron chi connectivity index (χ2n) is 3.74. The second-order valence-corrected chi connectivity index (χ2v) is 6.43. The molecule has 0 amide bonds. The van der Waals surface area contributed by atoms with Crippen molar-refractivity contribution in [3.63, 3.8) is 0 Å². The van der Waals surface area contributed by atoms with Gasteiger partial charge in [0, 0.05) is 47.5 Å². The second kappa shape index (κ2) is 12.0. The Morgan fingerprint density at radius 1 is 0.833 bits per heavy atom. The van der Waals surface area contributed by atoms with E-state index in [1.165, 1.54) is 0 Å². The van der Waals surface area contributed by atoms with E-state index in [1.807, 2.05) is 0 Å². The zero-order valence-corrected chi connectivity index (χ0v) is 12.8. The van der Waals surface area contributed by atoms with Gasteiger partial charge < -0.3 is 29.6 Å². The van der Waals surface area contributed by atoms with Crippen molar-refractivity contribution in [3.05, 3.63) is 0 Å². The fourth-order valence-corrected chi connectivity index (χ4v) is 2.87. The molecule has 0 unspecified atom stereocenters. The average Bonchev–Trinajstić information content (AvgIpc) is 2.42. The molecule has 0 aromatic carbocycles. The van der Waals surface area contributed by atoms with Crippen molar-refractivity contribution in [2.75, 3.05) is 60.6 Å². The van der Waals surface area contributed by atoms with Crippen LogP contribution in [0.2, 0.25) is 0 Å². The van der Waals surface area contributed by atoms with E-state index in [0.29, 0.717) is 6.54 Å². The van der Waals surface area contributed by atoms with Crippen molar-refractivity contribution in [1.29, 1.82) is 0 Å². The van der Waals surface area contributed by atoms with Crippen molar-refractivity contribution in [2.24, 2.45) is 5.73 Å². The summed E-state index contributed by atoms with van der Waals surface area (Å²) in [7, 11) is 2.17. The molecule has 0 radical (unpaired) electrons. The molecule has 0 saturated carbocycles. The lowest BCUT2D eigenvalue weighted by Crippen LogP contribution is -2.57. The quantitative estimate of drug-likeness (QED) is 0.241. The minimum Gasteiger partial charge on any atom is -0.364 e. The number of nitrogens with two attached hydrogens (primary N) is 1. The summed E-state index contributed by atoms with van der Waals surface area (Å²) in [6.07, 6.45) is 0.988. The standard InChI is InChI=1S/C10H28N4O3Si/c1-15-18(16-2,17-3)14-7-4-6-12-9-10-13-8-5-11/h12-14H,4-11H2,1-3H3. The molecule has 0 rings (SSSR count). The van der Waals surface area contributed by atoms with Crippen LogP contribution in [0.5, 0.6) is 0 Å². The lowest BCUT2D eigenvalue weighted by atomic mass is 10.4. The number of hydrogen-bond donors (Lipinski definition) is 4. The lowest BCUT2D eigenvalue weighted by molar-refractivity contribution is 0.110. The van der Waals surface area contributed by atoms with Crippen molar-refractivity contribution >= 4 is 8.97 Å². The van der Waals surface area contributed by atoms with Gasteiger partial charge in [0.25, 0.3) is 0 Å². The third-order valence-electron chi connectivity index (χ3n) is 2.48. The highest BCUT2D eigenvalue weighted by Crippen LogP contribution is 2.00. The summed E-state index contributed by atoms with van der Waals surface area (Å²) >= 11 is 0. The van der Waals surface area contributed by atoms with Crippen molar-refractivity contribution in [2.45, 2.75) is 6.42 Å². The smallest absolute Gasteiger partial charge is 0.364 e. The minimum absolute atomic E-state index is 0.682. The third-order valence-corrected chi connectivity index (χ3v) is 4.77. The molecule has 0 aromatic heterocycles. The van der Waals surface area contributed by atoms with Gasteiger partial charge in [-0.25, -0.2) is 0 Å². The van der Waals surface area contributed by atoms with Crippen LogP contribution in [0, 0.1) is 0 Å². The van der Waals surface area contributed by atoms with Gasteiger partial charge in [-0.3, -0.25) is 4.98 Å². The molecule has 5 N–H and O–H groups in total. The van der Waals surface area contributed by atoms with Crippen LogP contribution in [0.3, 0.4) is 0 Å². The number of nitrogens with one attached hydrogen (secondary N) is 3. The van der Waals surface area contributed by atoms with Gasteiger partial charge in [0.2, 0.25) is 0 Å². The predicted molar refractivity (Wildman–Crippen MR) is 74.2 cm³/mol. The summed E-state index contributed by atoms with van der Waals surface area (Å²) in [5.41, 5.74) is 5.37. The molecule has 0 fully saturated rings. The van der Waals surface area contributed by atoms with Gasteiger partial charge in [-0.1, -0.05) is 0 Å². The minimum atomic E-state index is -2.61. The Labute approximate surface area is 111 Å². The number of hydrogen-bond acceptors (Lipinski definition) is 7. The van der Waals surface area contributed by atoms with Crippen LogP contribution in [-0.4, -0.2) is 69.6 Å². The van der Waals surface area contributed by atoms with Crippen molar-refractivity contribution in [3.8, 4) is 0 Å². The van der Waals surface area contributed by atoms with Gasteiger partial charge in [0.15, 0.2) is 0 Å². The Bertz CT molecular complexity index is 176. The normalized spacial score (nSPS) is 12.0. The maximum atomic E-state index is 5.37. The first-order chi connectivity index (χ1) is 8.74. The summed E-state index contributed by atoms with van der Waals surface area (Å²) in [4.78, 5) is 3.19. The summed E-state index contributed by atoms with van der Waals surface area (Å²) in [6, 6.07) is 0. The summed E-state index contributed by atoms with van der Waals surface area (Å²) in [5, 5.41) is 6.56. The Hall–Kier alpha value is -0.0631. The molecule has 0 heterocycles. The molecule has 8 heteroatoms. The zero-order chi connectivity index (χ0) is 13.7. The predicted octanol–water partition coefficient (Wildman–Crippen LogP) is -1.52. The SMILES string of the molecule is CO[Si](NCCCNCCNCCN)(OC)OC. The highest BCUT2D eigenvalue weighted by atomic mass is 28.4. The maximum Gasteiger partial charge on any atom is 0.595 e. The molecule has 0 aromatic rings. The Balaban J connectivity index is 3.38. The van der Waals surface area contributed by atoms with Gasteiger partial charge in [-0.2, -0.15) is 0 Å². The van der Waals surface area contributed by atoms with E-state index in [2.05, 4.69) is 15.6 Å². The molecule has 0 bridgehead atoms. The van der Waals surface area contributed by atoms with E-state index in [1.54, 1.807) is 21.3 Å².